The number of aliphatic hydroxyl groups excluding tert-OH is 1. The molecule has 0 saturated carbocycles. The van der Waals surface area contributed by atoms with Crippen molar-refractivity contribution in [2.24, 2.45) is 0 Å². The standard InChI is InChI=1S/C14H16OS/c1-11-4-2-5-12(8-11)9-13(15)10-14-6-3-7-16-14/h2-8,13,15H,9-10H2,1H3. The Morgan fingerprint density at radius 3 is 2.75 bits per heavy atom. The maximum Gasteiger partial charge on any atom is 0.0628 e. The van der Waals surface area contributed by atoms with Crippen molar-refractivity contribution in [1.29, 1.82) is 0 Å². The molecular formula is C14H16OS. The van der Waals surface area contributed by atoms with E-state index in [2.05, 4.69) is 36.6 Å². The van der Waals surface area contributed by atoms with Crippen molar-refractivity contribution in [2.75, 3.05) is 0 Å². The van der Waals surface area contributed by atoms with Crippen LogP contribution in [0.5, 0.6) is 0 Å². The van der Waals surface area contributed by atoms with Crippen LogP contribution in [0.3, 0.4) is 0 Å². The van der Waals surface area contributed by atoms with Crippen LogP contribution in [-0.4, -0.2) is 11.2 Å². The zero-order chi connectivity index (χ0) is 11.4. The monoisotopic (exact) mass is 232 g/mol. The van der Waals surface area contributed by atoms with Gasteiger partial charge in [0.1, 0.15) is 0 Å². The van der Waals surface area contributed by atoms with Gasteiger partial charge in [-0.2, -0.15) is 0 Å². The molecule has 1 aromatic carbocycles. The van der Waals surface area contributed by atoms with E-state index in [-0.39, 0.29) is 6.10 Å². The third-order valence-corrected chi connectivity index (χ3v) is 3.47. The molecule has 16 heavy (non-hydrogen) atoms. The second-order valence-electron chi connectivity index (χ2n) is 4.13. The number of hydrogen-bond donors (Lipinski definition) is 1. The van der Waals surface area contributed by atoms with Crippen molar-refractivity contribution in [1.82, 2.24) is 0 Å². The van der Waals surface area contributed by atoms with Gasteiger partial charge in [0.15, 0.2) is 0 Å². The Morgan fingerprint density at radius 1 is 1.19 bits per heavy atom. The number of hydrogen-bond acceptors (Lipinski definition) is 2. The van der Waals surface area contributed by atoms with Crippen molar-refractivity contribution < 1.29 is 5.11 Å². The van der Waals surface area contributed by atoms with E-state index in [0.29, 0.717) is 0 Å². The van der Waals surface area contributed by atoms with E-state index >= 15 is 0 Å². The Morgan fingerprint density at radius 2 is 2.06 bits per heavy atom. The largest absolute Gasteiger partial charge is 0.392 e. The lowest BCUT2D eigenvalue weighted by Crippen LogP contribution is -2.13. The zero-order valence-electron chi connectivity index (χ0n) is 9.39. The summed E-state index contributed by atoms with van der Waals surface area (Å²) in [6.07, 6.45) is 1.21. The smallest absolute Gasteiger partial charge is 0.0628 e. The Hall–Kier alpha value is -1.12. The molecule has 1 nitrogen and oxygen atoms in total. The van der Waals surface area contributed by atoms with Crippen LogP contribution in [0.2, 0.25) is 0 Å². The molecule has 0 amide bonds. The molecule has 2 rings (SSSR count). The van der Waals surface area contributed by atoms with Gasteiger partial charge in [-0.15, -0.1) is 11.3 Å². The first-order valence-corrected chi connectivity index (χ1v) is 6.38. The first-order valence-electron chi connectivity index (χ1n) is 5.50. The minimum absolute atomic E-state index is 0.277. The van der Waals surface area contributed by atoms with Gasteiger partial charge in [-0.3, -0.25) is 0 Å². The lowest BCUT2D eigenvalue weighted by atomic mass is 10.0. The molecule has 0 aliphatic rings. The molecule has 2 heteroatoms. The average Bonchev–Trinajstić information content (AvgIpc) is 2.70. The highest BCUT2D eigenvalue weighted by molar-refractivity contribution is 7.09. The molecule has 0 spiro atoms. The maximum atomic E-state index is 9.97. The van der Waals surface area contributed by atoms with Crippen LogP contribution in [0.4, 0.5) is 0 Å². The molecule has 84 valence electrons. The number of thiophene rings is 1. The normalized spacial score (nSPS) is 12.6. The molecule has 2 aromatic rings. The molecule has 0 bridgehead atoms. The van der Waals surface area contributed by atoms with E-state index < -0.39 is 0 Å². The summed E-state index contributed by atoms with van der Waals surface area (Å²) >= 11 is 1.70. The molecule has 0 aliphatic heterocycles. The Kier molecular flexibility index (Phi) is 3.75. The van der Waals surface area contributed by atoms with Crippen molar-refractivity contribution >= 4 is 11.3 Å². The molecule has 1 atom stereocenters. The second-order valence-corrected chi connectivity index (χ2v) is 5.16. The molecule has 1 N–H and O–H groups in total. The molecule has 1 aromatic heterocycles. The fraction of sp³-hybridized carbons (Fsp3) is 0.286. The van der Waals surface area contributed by atoms with Crippen LogP contribution < -0.4 is 0 Å². The molecule has 1 unspecified atom stereocenters. The SMILES string of the molecule is Cc1cccc(CC(O)Cc2cccs2)c1. The van der Waals surface area contributed by atoms with E-state index in [0.717, 1.165) is 12.8 Å². The van der Waals surface area contributed by atoms with E-state index in [9.17, 15) is 5.11 Å². The first kappa shape index (κ1) is 11.4. The predicted molar refractivity (Wildman–Crippen MR) is 68.9 cm³/mol. The third-order valence-electron chi connectivity index (χ3n) is 2.57. The summed E-state index contributed by atoms with van der Waals surface area (Å²) in [7, 11) is 0. The summed E-state index contributed by atoms with van der Waals surface area (Å²) in [6.45, 7) is 2.08. The summed E-state index contributed by atoms with van der Waals surface area (Å²) in [5.41, 5.74) is 2.46. The Bertz CT molecular complexity index is 434. The number of aliphatic hydroxyl groups is 1. The van der Waals surface area contributed by atoms with Gasteiger partial charge in [0.05, 0.1) is 6.10 Å². The first-order chi connectivity index (χ1) is 7.74. The summed E-state index contributed by atoms with van der Waals surface area (Å²) in [6, 6.07) is 12.4. The minimum Gasteiger partial charge on any atom is -0.392 e. The minimum atomic E-state index is -0.277. The van der Waals surface area contributed by atoms with Crippen molar-refractivity contribution in [3.63, 3.8) is 0 Å². The van der Waals surface area contributed by atoms with Gasteiger partial charge in [0, 0.05) is 11.3 Å². The van der Waals surface area contributed by atoms with Crippen LogP contribution in [0, 0.1) is 6.92 Å². The highest BCUT2D eigenvalue weighted by Crippen LogP contribution is 2.14. The highest BCUT2D eigenvalue weighted by atomic mass is 32.1. The van der Waals surface area contributed by atoms with Gasteiger partial charge in [-0.1, -0.05) is 35.9 Å². The number of benzene rings is 1. The van der Waals surface area contributed by atoms with Crippen LogP contribution in [0.25, 0.3) is 0 Å². The lowest BCUT2D eigenvalue weighted by molar-refractivity contribution is 0.176. The fourth-order valence-corrected chi connectivity index (χ4v) is 2.62. The summed E-state index contributed by atoms with van der Waals surface area (Å²) in [5.74, 6) is 0. The quantitative estimate of drug-likeness (QED) is 0.858. The Balaban J connectivity index is 1.94. The molecule has 0 fully saturated rings. The van der Waals surface area contributed by atoms with Gasteiger partial charge in [0.25, 0.3) is 0 Å². The van der Waals surface area contributed by atoms with Crippen molar-refractivity contribution in [2.45, 2.75) is 25.9 Å². The van der Waals surface area contributed by atoms with E-state index in [4.69, 9.17) is 0 Å². The number of aryl methyl sites for hydroxylation is 1. The van der Waals surface area contributed by atoms with Crippen LogP contribution in [-0.2, 0) is 12.8 Å². The molecule has 0 aliphatic carbocycles. The summed E-state index contributed by atoms with van der Waals surface area (Å²) in [4.78, 5) is 1.25. The van der Waals surface area contributed by atoms with E-state index in [1.807, 2.05) is 12.1 Å². The van der Waals surface area contributed by atoms with Gasteiger partial charge >= 0.3 is 0 Å². The topological polar surface area (TPSA) is 20.2 Å². The van der Waals surface area contributed by atoms with Gasteiger partial charge in [-0.25, -0.2) is 0 Å². The Labute approximate surface area is 100 Å². The van der Waals surface area contributed by atoms with Gasteiger partial charge in [-0.05, 0) is 30.4 Å². The van der Waals surface area contributed by atoms with E-state index in [1.165, 1.54) is 16.0 Å². The summed E-state index contributed by atoms with van der Waals surface area (Å²) in [5, 5.41) is 12.0. The van der Waals surface area contributed by atoms with Gasteiger partial charge < -0.3 is 5.11 Å². The number of rotatable bonds is 4. The van der Waals surface area contributed by atoms with Crippen LogP contribution in [0.15, 0.2) is 41.8 Å². The predicted octanol–water partition coefficient (Wildman–Crippen LogP) is 3.20. The van der Waals surface area contributed by atoms with Crippen molar-refractivity contribution in [3.05, 3.63) is 57.8 Å². The van der Waals surface area contributed by atoms with Crippen LogP contribution in [0.1, 0.15) is 16.0 Å². The van der Waals surface area contributed by atoms with Crippen molar-refractivity contribution in [3.8, 4) is 0 Å². The van der Waals surface area contributed by atoms with Gasteiger partial charge in [0.2, 0.25) is 0 Å². The summed E-state index contributed by atoms with van der Waals surface area (Å²) < 4.78 is 0. The fourth-order valence-electron chi connectivity index (χ4n) is 1.84. The van der Waals surface area contributed by atoms with Crippen LogP contribution >= 0.6 is 11.3 Å². The highest BCUT2D eigenvalue weighted by Gasteiger charge is 2.07. The zero-order valence-corrected chi connectivity index (χ0v) is 10.2. The molecule has 0 saturated heterocycles. The third kappa shape index (κ3) is 3.19. The van der Waals surface area contributed by atoms with E-state index in [1.54, 1.807) is 11.3 Å². The molecule has 1 heterocycles. The second kappa shape index (κ2) is 5.28. The molecular weight excluding hydrogens is 216 g/mol. The average molecular weight is 232 g/mol. The maximum absolute atomic E-state index is 9.97. The molecule has 0 radical (unpaired) electrons. The lowest BCUT2D eigenvalue weighted by Gasteiger charge is -2.09.